The topological polar surface area (TPSA) is 89.8 Å². The van der Waals surface area contributed by atoms with Crippen LogP contribution < -0.4 is 20.1 Å². The van der Waals surface area contributed by atoms with Crippen molar-refractivity contribution in [3.63, 3.8) is 0 Å². The number of fused-ring (bicyclic) bond motifs is 1. The number of anilines is 1. The molecule has 2 heterocycles. The summed E-state index contributed by atoms with van der Waals surface area (Å²) >= 11 is 0. The van der Waals surface area contributed by atoms with Crippen molar-refractivity contribution < 1.29 is 14.3 Å². The molecule has 0 fully saturated rings. The van der Waals surface area contributed by atoms with Gasteiger partial charge < -0.3 is 20.1 Å². The first-order chi connectivity index (χ1) is 13.1. The lowest BCUT2D eigenvalue weighted by Gasteiger charge is -2.15. The molecule has 0 aliphatic carbocycles. The molecule has 0 saturated heterocycles. The molecule has 0 radical (unpaired) electrons. The minimum absolute atomic E-state index is 0.0438. The van der Waals surface area contributed by atoms with Gasteiger partial charge in [0.1, 0.15) is 11.5 Å². The van der Waals surface area contributed by atoms with Crippen LogP contribution in [0, 0.1) is 0 Å². The molecule has 8 heteroatoms. The van der Waals surface area contributed by atoms with Crippen LogP contribution in [-0.2, 0) is 11.3 Å². The zero-order valence-electron chi connectivity index (χ0n) is 15.6. The maximum atomic E-state index is 12.4. The number of nitrogens with one attached hydrogen (secondary N) is 2. The number of carbonyl (C=O) groups is 1. The van der Waals surface area contributed by atoms with E-state index in [0.29, 0.717) is 30.2 Å². The van der Waals surface area contributed by atoms with Gasteiger partial charge in [0.05, 0.1) is 26.5 Å². The van der Waals surface area contributed by atoms with Crippen molar-refractivity contribution in [2.75, 3.05) is 19.5 Å². The summed E-state index contributed by atoms with van der Waals surface area (Å²) in [5, 5.41) is 14.5. The van der Waals surface area contributed by atoms with Gasteiger partial charge in [0, 0.05) is 24.7 Å². The Bertz CT molecular complexity index is 925. The third-order valence-corrected chi connectivity index (χ3v) is 4.17. The Kier molecular flexibility index (Phi) is 5.87. The Balaban J connectivity index is 1.56. The second-order valence-electron chi connectivity index (χ2n) is 6.15. The maximum Gasteiger partial charge on any atom is 0.226 e. The van der Waals surface area contributed by atoms with Gasteiger partial charge >= 0.3 is 0 Å². The summed E-state index contributed by atoms with van der Waals surface area (Å²) in [4.78, 5) is 12.4. The number of amides is 1. The van der Waals surface area contributed by atoms with Crippen LogP contribution in [0.4, 0.5) is 5.69 Å². The smallest absolute Gasteiger partial charge is 0.226 e. The fraction of sp³-hybridized carbons (Fsp3) is 0.316. The summed E-state index contributed by atoms with van der Waals surface area (Å²) in [6, 6.07) is 11.0. The van der Waals surface area contributed by atoms with Crippen molar-refractivity contribution >= 4 is 17.2 Å². The van der Waals surface area contributed by atoms with Gasteiger partial charge in [-0.25, -0.2) is 0 Å². The lowest BCUT2D eigenvalue weighted by Crippen LogP contribution is -2.31. The Morgan fingerprint density at radius 2 is 2.04 bits per heavy atom. The summed E-state index contributed by atoms with van der Waals surface area (Å²) in [5.74, 6) is 1.91. The zero-order chi connectivity index (χ0) is 19.2. The van der Waals surface area contributed by atoms with Crippen LogP contribution in [0.3, 0.4) is 0 Å². The monoisotopic (exact) mass is 369 g/mol. The molecule has 3 rings (SSSR count). The number of rotatable bonds is 8. The van der Waals surface area contributed by atoms with Crippen LogP contribution in [0.15, 0.2) is 42.6 Å². The van der Waals surface area contributed by atoms with Crippen LogP contribution in [0.5, 0.6) is 11.5 Å². The highest BCUT2D eigenvalue weighted by Gasteiger charge is 2.13. The van der Waals surface area contributed by atoms with E-state index < -0.39 is 0 Å². The predicted octanol–water partition coefficient (Wildman–Crippen LogP) is 2.25. The van der Waals surface area contributed by atoms with Gasteiger partial charge in [-0.05, 0) is 31.2 Å². The first-order valence-electron chi connectivity index (χ1n) is 8.64. The molecule has 1 aromatic carbocycles. The summed E-state index contributed by atoms with van der Waals surface area (Å²) in [5.41, 5.74) is 1.38. The molecular formula is C19H23N5O3. The molecule has 1 amide bonds. The fourth-order valence-corrected chi connectivity index (χ4v) is 2.74. The number of benzene rings is 1. The molecule has 0 aliphatic rings. The predicted molar refractivity (Wildman–Crippen MR) is 102 cm³/mol. The molecule has 27 heavy (non-hydrogen) atoms. The normalized spacial score (nSPS) is 12.0. The number of carbonyl (C=O) groups excluding carboxylic acids is 1. The van der Waals surface area contributed by atoms with E-state index in [4.69, 9.17) is 9.47 Å². The van der Waals surface area contributed by atoms with Gasteiger partial charge in [0.2, 0.25) is 5.91 Å². The lowest BCUT2D eigenvalue weighted by atomic mass is 10.2. The standard InChI is InChI=1S/C19H23N5O3/c1-13(20-12-18-23-22-17-6-4-5-9-24(17)18)10-19(25)21-15-11-14(26-2)7-8-16(15)27-3/h4-9,11,13,20H,10,12H2,1-3H3,(H,21,25). The highest BCUT2D eigenvalue weighted by Crippen LogP contribution is 2.29. The molecule has 3 aromatic rings. The molecule has 1 unspecified atom stereocenters. The minimum Gasteiger partial charge on any atom is -0.497 e. The second-order valence-corrected chi connectivity index (χ2v) is 6.15. The summed E-state index contributed by atoms with van der Waals surface area (Å²) in [6.45, 7) is 2.47. The van der Waals surface area contributed by atoms with Crippen LogP contribution in [-0.4, -0.2) is 40.8 Å². The number of hydrogen-bond acceptors (Lipinski definition) is 6. The molecule has 0 bridgehead atoms. The van der Waals surface area contributed by atoms with Crippen molar-refractivity contribution in [2.45, 2.75) is 25.9 Å². The molecule has 0 aliphatic heterocycles. The summed E-state index contributed by atoms with van der Waals surface area (Å²) in [7, 11) is 3.14. The van der Waals surface area contributed by atoms with Gasteiger partial charge in [-0.2, -0.15) is 0 Å². The van der Waals surface area contributed by atoms with Crippen LogP contribution in [0.25, 0.3) is 5.65 Å². The quantitative estimate of drug-likeness (QED) is 0.633. The lowest BCUT2D eigenvalue weighted by molar-refractivity contribution is -0.116. The number of methoxy groups -OCH3 is 2. The molecule has 8 nitrogen and oxygen atoms in total. The average molecular weight is 369 g/mol. The second kappa shape index (κ2) is 8.50. The van der Waals surface area contributed by atoms with E-state index in [1.165, 1.54) is 0 Å². The van der Waals surface area contributed by atoms with Crippen LogP contribution >= 0.6 is 0 Å². The highest BCUT2D eigenvalue weighted by atomic mass is 16.5. The van der Waals surface area contributed by atoms with Crippen molar-refractivity contribution in [3.05, 3.63) is 48.4 Å². The number of ether oxygens (including phenoxy) is 2. The highest BCUT2D eigenvalue weighted by molar-refractivity contribution is 5.92. The van der Waals surface area contributed by atoms with E-state index in [-0.39, 0.29) is 11.9 Å². The Morgan fingerprint density at radius 3 is 2.81 bits per heavy atom. The SMILES string of the molecule is COc1ccc(OC)c(NC(=O)CC(C)NCc2nnc3ccccn23)c1. The summed E-state index contributed by atoms with van der Waals surface area (Å²) < 4.78 is 12.4. The molecule has 0 spiro atoms. The number of hydrogen-bond donors (Lipinski definition) is 2. The van der Waals surface area contributed by atoms with E-state index in [1.54, 1.807) is 32.4 Å². The number of nitrogens with zero attached hydrogens (tertiary/aromatic N) is 3. The van der Waals surface area contributed by atoms with E-state index in [9.17, 15) is 4.79 Å². The van der Waals surface area contributed by atoms with Crippen LogP contribution in [0.1, 0.15) is 19.2 Å². The number of pyridine rings is 1. The molecule has 2 N–H and O–H groups in total. The third kappa shape index (κ3) is 4.53. The van der Waals surface area contributed by atoms with Crippen molar-refractivity contribution in [1.29, 1.82) is 0 Å². The minimum atomic E-state index is -0.118. The average Bonchev–Trinajstić information content (AvgIpc) is 3.09. The molecule has 142 valence electrons. The molecule has 2 aromatic heterocycles. The third-order valence-electron chi connectivity index (χ3n) is 4.17. The van der Waals surface area contributed by atoms with Crippen molar-refractivity contribution in [1.82, 2.24) is 19.9 Å². The maximum absolute atomic E-state index is 12.4. The fourth-order valence-electron chi connectivity index (χ4n) is 2.74. The Labute approximate surface area is 157 Å². The van der Waals surface area contributed by atoms with Crippen LogP contribution in [0.2, 0.25) is 0 Å². The number of aromatic nitrogens is 3. The van der Waals surface area contributed by atoms with E-state index in [1.807, 2.05) is 35.7 Å². The van der Waals surface area contributed by atoms with Crippen molar-refractivity contribution in [2.24, 2.45) is 0 Å². The Hall–Kier alpha value is -3.13. The van der Waals surface area contributed by atoms with Gasteiger partial charge in [-0.1, -0.05) is 6.07 Å². The van der Waals surface area contributed by atoms with Gasteiger partial charge in [-0.3, -0.25) is 9.20 Å². The first kappa shape index (κ1) is 18.7. The Morgan fingerprint density at radius 1 is 1.19 bits per heavy atom. The summed E-state index contributed by atoms with van der Waals surface area (Å²) in [6.07, 6.45) is 2.22. The largest absolute Gasteiger partial charge is 0.497 e. The molecule has 0 saturated carbocycles. The first-order valence-corrected chi connectivity index (χ1v) is 8.64. The van der Waals surface area contributed by atoms with Gasteiger partial charge in [-0.15, -0.1) is 10.2 Å². The zero-order valence-corrected chi connectivity index (χ0v) is 15.6. The van der Waals surface area contributed by atoms with Gasteiger partial charge in [0.15, 0.2) is 11.5 Å². The van der Waals surface area contributed by atoms with Crippen molar-refractivity contribution in [3.8, 4) is 11.5 Å². The van der Waals surface area contributed by atoms with E-state index in [2.05, 4.69) is 20.8 Å². The molecule has 1 atom stereocenters. The van der Waals surface area contributed by atoms with E-state index in [0.717, 1.165) is 11.5 Å². The molecular weight excluding hydrogens is 346 g/mol. The van der Waals surface area contributed by atoms with E-state index >= 15 is 0 Å². The van der Waals surface area contributed by atoms with Gasteiger partial charge in [0.25, 0.3) is 0 Å².